The predicted octanol–water partition coefficient (Wildman–Crippen LogP) is 6.40. The fourth-order valence-corrected chi connectivity index (χ4v) is 3.88. The molecule has 0 aliphatic carbocycles. The number of fused-ring (bicyclic) bond motifs is 2. The number of para-hydroxylation sites is 1. The lowest BCUT2D eigenvalue weighted by Gasteiger charge is -2.08. The summed E-state index contributed by atoms with van der Waals surface area (Å²) in [7, 11) is 1.53. The van der Waals surface area contributed by atoms with Crippen LogP contribution in [0.3, 0.4) is 0 Å². The summed E-state index contributed by atoms with van der Waals surface area (Å²) in [5, 5.41) is 1.67. The van der Waals surface area contributed by atoms with Crippen LogP contribution < -0.4 is 14.9 Å². The average Bonchev–Trinajstić information content (AvgIpc) is 3.25. The van der Waals surface area contributed by atoms with Gasteiger partial charge in [-0.3, -0.25) is 4.79 Å². The maximum atomic E-state index is 13.1. The summed E-state index contributed by atoms with van der Waals surface area (Å²) in [4.78, 5) is 25.8. The highest BCUT2D eigenvalue weighted by Crippen LogP contribution is 2.30. The number of hydrogen-bond acceptors (Lipinski definition) is 6. The van der Waals surface area contributed by atoms with E-state index in [1.807, 2.05) is 6.07 Å². The molecule has 0 bridgehead atoms. The van der Waals surface area contributed by atoms with Crippen molar-refractivity contribution in [2.75, 3.05) is 7.11 Å². The van der Waals surface area contributed by atoms with E-state index in [1.165, 1.54) is 13.2 Å². The molecule has 0 aliphatic rings. The minimum Gasteiger partial charge on any atom is -0.493 e. The maximum absolute atomic E-state index is 13.1. The van der Waals surface area contributed by atoms with Crippen molar-refractivity contribution in [3.63, 3.8) is 0 Å². The zero-order valence-corrected chi connectivity index (χ0v) is 18.4. The second-order valence-electron chi connectivity index (χ2n) is 7.41. The molecule has 0 spiro atoms. The van der Waals surface area contributed by atoms with Gasteiger partial charge in [-0.1, -0.05) is 35.9 Å². The Morgan fingerprint density at radius 1 is 0.970 bits per heavy atom. The van der Waals surface area contributed by atoms with E-state index in [-0.39, 0.29) is 16.9 Å². The molecule has 0 N–H and O–H groups in total. The number of carbonyl (C=O) groups excluding carboxylic acids is 1. The molecule has 0 aliphatic heterocycles. The fraction of sp³-hybridized carbons (Fsp3) is 0.0769. The highest BCUT2D eigenvalue weighted by Gasteiger charge is 2.19. The molecule has 0 saturated carbocycles. The number of methoxy groups -OCH3 is 1. The van der Waals surface area contributed by atoms with Crippen molar-refractivity contribution in [2.45, 2.75) is 6.92 Å². The molecule has 0 saturated heterocycles. The van der Waals surface area contributed by atoms with Crippen molar-refractivity contribution in [1.29, 1.82) is 0 Å². The summed E-state index contributed by atoms with van der Waals surface area (Å²) >= 11 is 5.96. The van der Waals surface area contributed by atoms with Gasteiger partial charge >= 0.3 is 5.97 Å². The Balaban J connectivity index is 1.49. The Morgan fingerprint density at radius 3 is 2.52 bits per heavy atom. The summed E-state index contributed by atoms with van der Waals surface area (Å²) in [5.41, 5.74) is 1.76. The third-order valence-corrected chi connectivity index (χ3v) is 5.56. The molecular formula is C26H17ClO6. The van der Waals surface area contributed by atoms with Gasteiger partial charge in [-0.05, 0) is 48.9 Å². The second kappa shape index (κ2) is 8.15. The maximum Gasteiger partial charge on any atom is 0.379 e. The van der Waals surface area contributed by atoms with Crippen molar-refractivity contribution < 1.29 is 23.1 Å². The number of carbonyl (C=O) groups is 1. The SMILES string of the molecule is COc1cccc2cc(C(=O)Oc3ccc4c(=O)c(-c5ccc(Cl)cc5)c(C)oc4c3)oc12. The van der Waals surface area contributed by atoms with Crippen LogP contribution in [0.2, 0.25) is 5.02 Å². The number of benzene rings is 3. The number of hydrogen-bond donors (Lipinski definition) is 0. The minimum absolute atomic E-state index is 0.0327. The number of halogens is 1. The topological polar surface area (TPSA) is 78.9 Å². The van der Waals surface area contributed by atoms with E-state index < -0.39 is 5.97 Å². The summed E-state index contributed by atoms with van der Waals surface area (Å²) in [5.74, 6) is 0.546. The molecule has 3 aromatic carbocycles. The van der Waals surface area contributed by atoms with Gasteiger partial charge in [0.25, 0.3) is 0 Å². The van der Waals surface area contributed by atoms with Gasteiger partial charge in [0.1, 0.15) is 17.1 Å². The average molecular weight is 461 g/mol. The highest BCUT2D eigenvalue weighted by atomic mass is 35.5. The van der Waals surface area contributed by atoms with E-state index >= 15 is 0 Å². The summed E-state index contributed by atoms with van der Waals surface area (Å²) in [6, 6.07) is 18.5. The first-order valence-electron chi connectivity index (χ1n) is 10.1. The van der Waals surface area contributed by atoms with Gasteiger partial charge < -0.3 is 18.3 Å². The van der Waals surface area contributed by atoms with Gasteiger partial charge in [0.2, 0.25) is 11.2 Å². The van der Waals surface area contributed by atoms with Crippen molar-refractivity contribution >= 4 is 39.5 Å². The highest BCUT2D eigenvalue weighted by molar-refractivity contribution is 6.30. The molecule has 6 nitrogen and oxygen atoms in total. The van der Waals surface area contributed by atoms with Gasteiger partial charge in [0.05, 0.1) is 18.1 Å². The first-order valence-corrected chi connectivity index (χ1v) is 10.4. The second-order valence-corrected chi connectivity index (χ2v) is 7.84. The van der Waals surface area contributed by atoms with Gasteiger partial charge in [-0.2, -0.15) is 0 Å². The van der Waals surface area contributed by atoms with Gasteiger partial charge in [-0.25, -0.2) is 4.79 Å². The number of rotatable bonds is 4. The standard InChI is InChI=1S/C26H17ClO6/c1-14-23(15-6-8-17(27)9-7-15)24(28)19-11-10-18(13-21(19)31-14)32-26(29)22-12-16-4-3-5-20(30-2)25(16)33-22/h3-13H,1-2H3. The van der Waals surface area contributed by atoms with Crippen LogP contribution in [-0.4, -0.2) is 13.1 Å². The largest absolute Gasteiger partial charge is 0.493 e. The quantitative estimate of drug-likeness (QED) is 0.228. The van der Waals surface area contributed by atoms with Crippen LogP contribution in [0.25, 0.3) is 33.1 Å². The Hall–Kier alpha value is -4.03. The normalized spacial score (nSPS) is 11.1. The van der Waals surface area contributed by atoms with Crippen LogP contribution in [0.15, 0.2) is 80.4 Å². The van der Waals surface area contributed by atoms with Crippen LogP contribution in [-0.2, 0) is 0 Å². The summed E-state index contributed by atoms with van der Waals surface area (Å²) in [6.45, 7) is 1.71. The van der Waals surface area contributed by atoms with Crippen molar-refractivity contribution in [3.8, 4) is 22.6 Å². The van der Waals surface area contributed by atoms with E-state index in [4.69, 9.17) is 29.9 Å². The van der Waals surface area contributed by atoms with E-state index in [0.29, 0.717) is 44.2 Å². The van der Waals surface area contributed by atoms with E-state index in [9.17, 15) is 9.59 Å². The van der Waals surface area contributed by atoms with Gasteiger partial charge in [0, 0.05) is 16.5 Å². The summed E-state index contributed by atoms with van der Waals surface area (Å²) < 4.78 is 22.3. The lowest BCUT2D eigenvalue weighted by molar-refractivity contribution is 0.0704. The molecule has 5 aromatic rings. The van der Waals surface area contributed by atoms with Crippen LogP contribution in [0.1, 0.15) is 16.3 Å². The van der Waals surface area contributed by atoms with Gasteiger partial charge in [-0.15, -0.1) is 0 Å². The Morgan fingerprint density at radius 2 is 1.76 bits per heavy atom. The van der Waals surface area contributed by atoms with E-state index in [0.717, 1.165) is 5.39 Å². The molecular weight excluding hydrogens is 444 g/mol. The van der Waals surface area contributed by atoms with Crippen LogP contribution in [0, 0.1) is 6.92 Å². The van der Waals surface area contributed by atoms with Crippen LogP contribution in [0.4, 0.5) is 0 Å². The first-order chi connectivity index (χ1) is 15.9. The number of furan rings is 1. The van der Waals surface area contributed by atoms with Gasteiger partial charge in [0.15, 0.2) is 11.3 Å². The van der Waals surface area contributed by atoms with Crippen LogP contribution in [0.5, 0.6) is 11.5 Å². The molecule has 0 radical (unpaired) electrons. The Labute approximate surface area is 192 Å². The van der Waals surface area contributed by atoms with Crippen molar-refractivity contribution in [3.05, 3.63) is 93.5 Å². The Kier molecular flexibility index (Phi) is 5.15. The number of aryl methyl sites for hydroxylation is 1. The van der Waals surface area contributed by atoms with Crippen molar-refractivity contribution in [2.24, 2.45) is 0 Å². The third kappa shape index (κ3) is 3.75. The molecule has 0 unspecified atom stereocenters. The zero-order chi connectivity index (χ0) is 23.1. The molecule has 33 heavy (non-hydrogen) atoms. The fourth-order valence-electron chi connectivity index (χ4n) is 3.75. The first kappa shape index (κ1) is 20.8. The molecule has 164 valence electrons. The molecule has 0 atom stereocenters. The third-order valence-electron chi connectivity index (χ3n) is 5.31. The number of esters is 1. The Bertz CT molecular complexity index is 1580. The molecule has 2 heterocycles. The molecule has 0 amide bonds. The smallest absolute Gasteiger partial charge is 0.379 e. The predicted molar refractivity (Wildman–Crippen MR) is 125 cm³/mol. The van der Waals surface area contributed by atoms with Crippen LogP contribution >= 0.6 is 11.6 Å². The minimum atomic E-state index is -0.676. The lowest BCUT2D eigenvalue weighted by atomic mass is 10.0. The lowest BCUT2D eigenvalue weighted by Crippen LogP contribution is -2.09. The van der Waals surface area contributed by atoms with E-state index in [2.05, 4.69) is 0 Å². The molecule has 0 fully saturated rings. The number of ether oxygens (including phenoxy) is 2. The van der Waals surface area contributed by atoms with E-state index in [1.54, 1.807) is 61.5 Å². The summed E-state index contributed by atoms with van der Waals surface area (Å²) in [6.07, 6.45) is 0. The zero-order valence-electron chi connectivity index (χ0n) is 17.7. The molecule has 5 rings (SSSR count). The molecule has 7 heteroatoms. The molecule has 2 aromatic heterocycles. The van der Waals surface area contributed by atoms with Crippen molar-refractivity contribution in [1.82, 2.24) is 0 Å². The monoisotopic (exact) mass is 460 g/mol.